The van der Waals surface area contributed by atoms with Crippen LogP contribution in [0.5, 0.6) is 0 Å². The van der Waals surface area contributed by atoms with Crippen molar-refractivity contribution in [2.45, 2.75) is 22.9 Å². The number of carbonyl (C=O) groups is 3. The fraction of sp³-hybridized carbons (Fsp3) is 0.643. The van der Waals surface area contributed by atoms with Crippen LogP contribution in [0.2, 0.25) is 0 Å². The number of hydrogen-bond acceptors (Lipinski definition) is 19. The summed E-state index contributed by atoms with van der Waals surface area (Å²) < 4.78 is 65.7. The minimum atomic E-state index is -0.819. The fourth-order valence-electron chi connectivity index (χ4n) is 4.94. The fourth-order valence-corrected chi connectivity index (χ4v) is 6.88. The van der Waals surface area contributed by atoms with Crippen molar-refractivity contribution < 1.29 is 76.3 Å². The van der Waals surface area contributed by atoms with Crippen LogP contribution < -0.4 is 0 Å². The Morgan fingerprint density at radius 1 is 0.444 bits per heavy atom. The Bertz CT molecular complexity index is 1440. The molecule has 0 unspecified atom stereocenters. The van der Waals surface area contributed by atoms with Crippen molar-refractivity contribution in [3.63, 3.8) is 0 Å². The second kappa shape index (κ2) is 38.2. The van der Waals surface area contributed by atoms with Gasteiger partial charge in [-0.05, 0) is 30.7 Å². The molecule has 0 spiro atoms. The van der Waals surface area contributed by atoms with Crippen molar-refractivity contribution in [1.82, 2.24) is 14.9 Å². The number of imide groups is 1. The molecule has 0 atom stereocenters. The van der Waals surface area contributed by atoms with Gasteiger partial charge in [-0.3, -0.25) is 19.3 Å². The van der Waals surface area contributed by atoms with Crippen LogP contribution >= 0.6 is 23.5 Å². The minimum Gasteiger partial charge on any atom is -0.481 e. The summed E-state index contributed by atoms with van der Waals surface area (Å²) in [5, 5.41) is 9.79. The van der Waals surface area contributed by atoms with Crippen LogP contribution in [-0.2, 0) is 71.2 Å². The molecule has 2 aromatic heterocycles. The van der Waals surface area contributed by atoms with Crippen LogP contribution in [0.3, 0.4) is 0 Å². The van der Waals surface area contributed by atoms with Gasteiger partial charge >= 0.3 is 5.97 Å². The summed E-state index contributed by atoms with van der Waals surface area (Å²) in [5.41, 5.74) is 0. The smallest absolute Gasteiger partial charge is 0.303 e. The maximum absolute atomic E-state index is 13.3. The lowest BCUT2D eigenvalue weighted by molar-refractivity contribution is -0.139. The number of thioether (sulfide) groups is 2. The van der Waals surface area contributed by atoms with Crippen LogP contribution in [0.1, 0.15) is 12.8 Å². The Balaban J connectivity index is 0.988. The number of amides is 2. The molecule has 0 saturated heterocycles. The number of carboxylic acid groups (broad SMARTS) is 1. The molecule has 3 heterocycles. The normalized spacial score (nSPS) is 12.9. The van der Waals surface area contributed by atoms with Gasteiger partial charge in [0.2, 0.25) is 0 Å². The molecule has 0 radical (unpaired) electrons. The van der Waals surface area contributed by atoms with Gasteiger partial charge < -0.3 is 61.9 Å². The maximum Gasteiger partial charge on any atom is 0.303 e. The third-order valence-corrected chi connectivity index (χ3v) is 10.2. The van der Waals surface area contributed by atoms with E-state index >= 15 is 0 Å². The predicted octanol–water partition coefficient (Wildman–Crippen LogP) is 3.01. The van der Waals surface area contributed by atoms with Crippen LogP contribution in [-0.4, -0.2) is 203 Å². The zero-order valence-corrected chi connectivity index (χ0v) is 37.6. The zero-order valence-electron chi connectivity index (χ0n) is 35.9. The highest BCUT2D eigenvalue weighted by Gasteiger charge is 2.39. The SMILES string of the molecule is O=C(O)CCCOCCOCCOCCOCCOCCOCCOCCOCCOCCOCCOCCOCCN1C(=O)C(Sc2ccccn2)=C(Sc2ccccn2)C1=O. The number of pyridine rings is 2. The number of hydrogen-bond donors (Lipinski definition) is 1. The van der Waals surface area contributed by atoms with E-state index in [4.69, 9.17) is 61.9 Å². The number of ether oxygens (including phenoxy) is 12. The molecule has 0 fully saturated rings. The summed E-state index contributed by atoms with van der Waals surface area (Å²) in [7, 11) is 0. The number of aliphatic carboxylic acids is 1. The van der Waals surface area contributed by atoms with Crippen molar-refractivity contribution in [2.75, 3.05) is 165 Å². The van der Waals surface area contributed by atoms with Crippen molar-refractivity contribution in [3.05, 3.63) is 58.6 Å². The Hall–Kier alpha value is -3.13. The first-order valence-corrected chi connectivity index (χ1v) is 22.6. The van der Waals surface area contributed by atoms with E-state index in [1.54, 1.807) is 36.7 Å². The number of rotatable bonds is 44. The third-order valence-electron chi connectivity index (χ3n) is 8.00. The van der Waals surface area contributed by atoms with Crippen molar-refractivity contribution in [2.24, 2.45) is 0 Å². The van der Waals surface area contributed by atoms with Crippen LogP contribution in [0.25, 0.3) is 0 Å². The molecule has 21 heteroatoms. The van der Waals surface area contributed by atoms with Crippen LogP contribution in [0, 0.1) is 0 Å². The first-order chi connectivity index (χ1) is 31.1. The molecule has 3 rings (SSSR count). The average molecular weight is 930 g/mol. The largest absolute Gasteiger partial charge is 0.481 e. The molecular weight excluding hydrogens is 867 g/mol. The second-order valence-corrected chi connectivity index (χ2v) is 14.9. The molecule has 1 aliphatic rings. The van der Waals surface area contributed by atoms with Gasteiger partial charge in [0.05, 0.1) is 168 Å². The quantitative estimate of drug-likeness (QED) is 0.0748. The Labute approximate surface area is 378 Å². The average Bonchev–Trinajstić information content (AvgIpc) is 3.50. The number of carboxylic acids is 1. The second-order valence-electron chi connectivity index (χ2n) is 12.8. The highest BCUT2D eigenvalue weighted by molar-refractivity contribution is 8.08. The van der Waals surface area contributed by atoms with E-state index in [0.29, 0.717) is 178 Å². The van der Waals surface area contributed by atoms with E-state index in [1.807, 2.05) is 12.1 Å². The lowest BCUT2D eigenvalue weighted by Crippen LogP contribution is -2.34. The van der Waals surface area contributed by atoms with Crippen LogP contribution in [0.4, 0.5) is 0 Å². The van der Waals surface area contributed by atoms with Gasteiger partial charge in [-0.25, -0.2) is 9.97 Å². The zero-order chi connectivity index (χ0) is 44.7. The van der Waals surface area contributed by atoms with Crippen LogP contribution in [0.15, 0.2) is 68.7 Å². The lowest BCUT2D eigenvalue weighted by Gasteiger charge is -2.15. The topological polar surface area (TPSA) is 211 Å². The summed E-state index contributed by atoms with van der Waals surface area (Å²) in [5.74, 6) is -1.57. The van der Waals surface area contributed by atoms with E-state index in [-0.39, 0.29) is 31.4 Å². The van der Waals surface area contributed by atoms with E-state index in [2.05, 4.69) is 9.97 Å². The number of carbonyl (C=O) groups excluding carboxylic acids is 2. The molecular formula is C42H63N3O16S2. The molecule has 1 aliphatic heterocycles. The van der Waals surface area contributed by atoms with E-state index in [9.17, 15) is 14.4 Å². The van der Waals surface area contributed by atoms with E-state index < -0.39 is 5.97 Å². The molecule has 2 amide bonds. The van der Waals surface area contributed by atoms with Gasteiger partial charge in [0.15, 0.2) is 0 Å². The summed E-state index contributed by atoms with van der Waals surface area (Å²) in [6.45, 7) is 10.4. The standard InChI is InChI=1S/C42H63N3O16S2/c46-38(47)8-5-12-50-14-16-52-18-20-54-22-24-56-26-28-58-30-32-60-34-35-61-33-31-59-29-27-57-25-23-55-21-19-53-17-15-51-13-11-45-41(48)39(62-36-6-1-3-9-43-36)40(42(45)49)63-37-7-2-4-10-44-37/h1-4,6-7,9-10H,5,8,11-35H2,(H,46,47). The molecule has 0 aromatic carbocycles. The van der Waals surface area contributed by atoms with Crippen molar-refractivity contribution in [1.29, 1.82) is 0 Å². The van der Waals surface area contributed by atoms with Crippen molar-refractivity contribution >= 4 is 41.3 Å². The van der Waals surface area contributed by atoms with Gasteiger partial charge in [-0.2, -0.15) is 0 Å². The molecule has 0 bridgehead atoms. The molecule has 1 N–H and O–H groups in total. The molecule has 0 aliphatic carbocycles. The molecule has 19 nitrogen and oxygen atoms in total. The van der Waals surface area contributed by atoms with E-state index in [0.717, 1.165) is 0 Å². The molecule has 0 saturated carbocycles. The highest BCUT2D eigenvalue weighted by Crippen LogP contribution is 2.41. The lowest BCUT2D eigenvalue weighted by atomic mass is 10.3. The van der Waals surface area contributed by atoms with Crippen molar-refractivity contribution in [3.8, 4) is 0 Å². The van der Waals surface area contributed by atoms with Gasteiger partial charge in [-0.1, -0.05) is 35.7 Å². The summed E-state index contributed by atoms with van der Waals surface area (Å²) in [6.07, 6.45) is 3.89. The van der Waals surface area contributed by atoms with Gasteiger partial charge in [0, 0.05) is 25.4 Å². The molecule has 354 valence electrons. The summed E-state index contributed by atoms with van der Waals surface area (Å²) >= 11 is 2.34. The number of aromatic nitrogens is 2. The highest BCUT2D eigenvalue weighted by atomic mass is 32.2. The third kappa shape index (κ3) is 27.7. The van der Waals surface area contributed by atoms with E-state index in [1.165, 1.54) is 28.4 Å². The van der Waals surface area contributed by atoms with Gasteiger partial charge in [-0.15, -0.1) is 0 Å². The Morgan fingerprint density at radius 3 is 1.00 bits per heavy atom. The minimum absolute atomic E-state index is 0.110. The summed E-state index contributed by atoms with van der Waals surface area (Å²) in [6, 6.07) is 10.8. The molecule has 63 heavy (non-hydrogen) atoms. The van der Waals surface area contributed by atoms with Gasteiger partial charge in [0.1, 0.15) is 10.1 Å². The van der Waals surface area contributed by atoms with Gasteiger partial charge in [0.25, 0.3) is 11.8 Å². The maximum atomic E-state index is 13.3. The first kappa shape index (κ1) is 54.2. The predicted molar refractivity (Wildman–Crippen MR) is 231 cm³/mol. The monoisotopic (exact) mass is 929 g/mol. The summed E-state index contributed by atoms with van der Waals surface area (Å²) in [4.78, 5) is 47.4. The Morgan fingerprint density at radius 2 is 0.730 bits per heavy atom. The number of nitrogens with zero attached hydrogens (tertiary/aromatic N) is 3. The first-order valence-electron chi connectivity index (χ1n) is 21.0. The Kier molecular flexibility index (Phi) is 32.8. The molecule has 2 aromatic rings.